The number of aliphatic carboxylic acids is 1. The number of rotatable bonds is 5. The highest BCUT2D eigenvalue weighted by atomic mass is 16.4. The van der Waals surface area contributed by atoms with Crippen molar-refractivity contribution in [3.63, 3.8) is 0 Å². The van der Waals surface area contributed by atoms with Crippen LogP contribution in [0.25, 0.3) is 0 Å². The summed E-state index contributed by atoms with van der Waals surface area (Å²) in [7, 11) is 0. The van der Waals surface area contributed by atoms with E-state index in [1.807, 2.05) is 13.8 Å². The number of aliphatic hydroxyl groups is 3. The van der Waals surface area contributed by atoms with Gasteiger partial charge in [0.15, 0.2) is 0 Å². The van der Waals surface area contributed by atoms with Crippen LogP contribution in [-0.2, 0) is 4.79 Å². The molecule has 0 saturated carbocycles. The van der Waals surface area contributed by atoms with Gasteiger partial charge >= 0.3 is 5.97 Å². The molecule has 6 N–H and O–H groups in total. The lowest BCUT2D eigenvalue weighted by Crippen LogP contribution is -2.36. The predicted molar refractivity (Wildman–Crippen MR) is 55.2 cm³/mol. The maximum atomic E-state index is 10.2. The van der Waals surface area contributed by atoms with Crippen LogP contribution in [0.1, 0.15) is 20.3 Å². The first-order chi connectivity index (χ1) is 6.90. The molecule has 0 amide bonds. The summed E-state index contributed by atoms with van der Waals surface area (Å²) in [6.45, 7) is 3.03. The fourth-order valence-corrected chi connectivity index (χ4v) is 0.555. The molecular formula is C9H21NO5. The van der Waals surface area contributed by atoms with Gasteiger partial charge in [0.05, 0.1) is 13.2 Å². The lowest BCUT2D eigenvalue weighted by molar-refractivity contribution is -0.139. The molecule has 0 aliphatic heterocycles. The van der Waals surface area contributed by atoms with Gasteiger partial charge in [-0.15, -0.1) is 0 Å². The van der Waals surface area contributed by atoms with Crippen LogP contribution in [0.3, 0.4) is 0 Å². The molecule has 0 radical (unpaired) electrons. The van der Waals surface area contributed by atoms with Gasteiger partial charge in [-0.2, -0.15) is 0 Å². The van der Waals surface area contributed by atoms with Crippen molar-refractivity contribution in [1.82, 2.24) is 0 Å². The number of aliphatic hydroxyl groups excluding tert-OH is 3. The Labute approximate surface area is 89.3 Å². The van der Waals surface area contributed by atoms with Gasteiger partial charge in [0.25, 0.3) is 0 Å². The van der Waals surface area contributed by atoms with E-state index in [0.717, 1.165) is 6.42 Å². The summed E-state index contributed by atoms with van der Waals surface area (Å²) >= 11 is 0. The largest absolute Gasteiger partial charge is 0.480 e. The normalized spacial score (nSPS) is 14.1. The number of hydrogen-bond donors (Lipinski definition) is 5. The van der Waals surface area contributed by atoms with Gasteiger partial charge in [-0.05, 0) is 5.92 Å². The fourth-order valence-electron chi connectivity index (χ4n) is 0.555. The van der Waals surface area contributed by atoms with Crippen LogP contribution in [0.2, 0.25) is 0 Å². The topological polar surface area (TPSA) is 124 Å². The molecule has 2 atom stereocenters. The van der Waals surface area contributed by atoms with Crippen molar-refractivity contribution in [1.29, 1.82) is 0 Å². The number of hydrogen-bond acceptors (Lipinski definition) is 5. The fraction of sp³-hybridized carbons (Fsp3) is 0.889. The number of carbonyl (C=O) groups is 1. The van der Waals surface area contributed by atoms with E-state index in [1.165, 1.54) is 0 Å². The molecule has 0 rings (SSSR count). The Morgan fingerprint density at radius 3 is 1.80 bits per heavy atom. The summed E-state index contributed by atoms with van der Waals surface area (Å²) in [6.07, 6.45) is -0.141. The lowest BCUT2D eigenvalue weighted by atomic mass is 10.0. The smallest absolute Gasteiger partial charge is 0.320 e. The second-order valence-electron chi connectivity index (χ2n) is 3.27. The van der Waals surface area contributed by atoms with E-state index in [4.69, 9.17) is 26.2 Å². The Kier molecular flexibility index (Phi) is 11.0. The van der Waals surface area contributed by atoms with Gasteiger partial charge in [-0.1, -0.05) is 20.3 Å². The minimum absolute atomic E-state index is 0.0718. The van der Waals surface area contributed by atoms with Gasteiger partial charge in [-0.25, -0.2) is 0 Å². The molecule has 2 unspecified atom stereocenters. The highest BCUT2D eigenvalue weighted by Crippen LogP contribution is 2.04. The second-order valence-corrected chi connectivity index (χ2v) is 3.27. The Hall–Kier alpha value is -0.690. The van der Waals surface area contributed by atoms with Crippen molar-refractivity contribution in [2.75, 3.05) is 13.2 Å². The van der Waals surface area contributed by atoms with E-state index in [1.54, 1.807) is 0 Å². The Balaban J connectivity index is 0. The molecule has 0 saturated heterocycles. The summed E-state index contributed by atoms with van der Waals surface area (Å²) < 4.78 is 0. The summed E-state index contributed by atoms with van der Waals surface area (Å²) in [5.41, 5.74) is 5.27. The Bertz CT molecular complexity index is 161. The third-order valence-corrected chi connectivity index (χ3v) is 1.96. The van der Waals surface area contributed by atoms with Crippen molar-refractivity contribution in [2.24, 2.45) is 11.7 Å². The highest BCUT2D eigenvalue weighted by Gasteiger charge is 2.17. The zero-order valence-corrected chi connectivity index (χ0v) is 9.13. The molecule has 0 heterocycles. The van der Waals surface area contributed by atoms with Crippen molar-refractivity contribution < 1.29 is 25.2 Å². The molecule has 0 fully saturated rings. The standard InChI is InChI=1S/C6H13NO2.C3H8O3/c1-3-4(2)5(7)6(8)9;4-1-3(6)2-5/h4-5H,3,7H2,1-2H3,(H,8,9);3-6H,1-2H2. The summed E-state index contributed by atoms with van der Waals surface area (Å²) in [6, 6.07) is -0.699. The molecule has 92 valence electrons. The molecular weight excluding hydrogens is 202 g/mol. The van der Waals surface area contributed by atoms with Crippen molar-refractivity contribution in [2.45, 2.75) is 32.4 Å². The summed E-state index contributed by atoms with van der Waals surface area (Å²) in [5, 5.41) is 32.4. The first kappa shape index (κ1) is 16.7. The average Bonchev–Trinajstić information content (AvgIpc) is 2.26. The number of nitrogens with two attached hydrogens (primary N) is 1. The molecule has 15 heavy (non-hydrogen) atoms. The summed E-state index contributed by atoms with van der Waals surface area (Å²) in [5.74, 6) is -0.841. The molecule has 0 aromatic rings. The SMILES string of the molecule is CCC(C)C(N)C(=O)O.OCC(O)CO. The average molecular weight is 223 g/mol. The minimum Gasteiger partial charge on any atom is -0.480 e. The molecule has 6 heteroatoms. The quantitative estimate of drug-likeness (QED) is 0.398. The third kappa shape index (κ3) is 9.61. The maximum absolute atomic E-state index is 10.2. The van der Waals surface area contributed by atoms with Crippen LogP contribution >= 0.6 is 0 Å². The van der Waals surface area contributed by atoms with Crippen LogP contribution in [0, 0.1) is 5.92 Å². The number of carboxylic acid groups (broad SMARTS) is 1. The van der Waals surface area contributed by atoms with E-state index in [2.05, 4.69) is 0 Å². The summed E-state index contributed by atoms with van der Waals surface area (Å²) in [4.78, 5) is 10.2. The Morgan fingerprint density at radius 2 is 1.73 bits per heavy atom. The molecule has 6 nitrogen and oxygen atoms in total. The maximum Gasteiger partial charge on any atom is 0.320 e. The van der Waals surface area contributed by atoms with E-state index < -0.39 is 18.1 Å². The van der Waals surface area contributed by atoms with Crippen LogP contribution in [0.5, 0.6) is 0 Å². The van der Waals surface area contributed by atoms with Crippen molar-refractivity contribution in [3.05, 3.63) is 0 Å². The van der Waals surface area contributed by atoms with Crippen LogP contribution in [0.15, 0.2) is 0 Å². The third-order valence-electron chi connectivity index (χ3n) is 1.96. The van der Waals surface area contributed by atoms with Gasteiger partial charge in [0.2, 0.25) is 0 Å². The molecule has 0 aromatic carbocycles. The minimum atomic E-state index is -0.954. The molecule has 0 bridgehead atoms. The zero-order chi connectivity index (χ0) is 12.4. The van der Waals surface area contributed by atoms with E-state index in [-0.39, 0.29) is 19.1 Å². The van der Waals surface area contributed by atoms with Crippen LogP contribution in [-0.4, -0.2) is 51.8 Å². The van der Waals surface area contributed by atoms with Gasteiger partial charge in [0, 0.05) is 0 Å². The van der Waals surface area contributed by atoms with Gasteiger partial charge in [-0.3, -0.25) is 4.79 Å². The van der Waals surface area contributed by atoms with E-state index >= 15 is 0 Å². The Morgan fingerprint density at radius 1 is 1.33 bits per heavy atom. The van der Waals surface area contributed by atoms with E-state index in [0.29, 0.717) is 0 Å². The van der Waals surface area contributed by atoms with Crippen molar-refractivity contribution >= 4 is 5.97 Å². The van der Waals surface area contributed by atoms with Crippen LogP contribution < -0.4 is 5.73 Å². The van der Waals surface area contributed by atoms with Gasteiger partial charge in [0.1, 0.15) is 12.1 Å². The molecule has 0 spiro atoms. The predicted octanol–water partition coefficient (Wildman–Crippen LogP) is -1.22. The first-order valence-electron chi connectivity index (χ1n) is 4.78. The highest BCUT2D eigenvalue weighted by molar-refractivity contribution is 5.73. The van der Waals surface area contributed by atoms with E-state index in [9.17, 15) is 4.79 Å². The van der Waals surface area contributed by atoms with Crippen LogP contribution in [0.4, 0.5) is 0 Å². The second kappa shape index (κ2) is 9.85. The first-order valence-corrected chi connectivity index (χ1v) is 4.78. The zero-order valence-electron chi connectivity index (χ0n) is 9.13. The molecule has 0 aromatic heterocycles. The monoisotopic (exact) mass is 223 g/mol. The number of carboxylic acids is 1. The van der Waals surface area contributed by atoms with Crippen molar-refractivity contribution in [3.8, 4) is 0 Å². The molecule has 0 aliphatic carbocycles. The van der Waals surface area contributed by atoms with Gasteiger partial charge < -0.3 is 26.2 Å². The molecule has 0 aliphatic rings. The lowest BCUT2D eigenvalue weighted by Gasteiger charge is -2.11.